The van der Waals surface area contributed by atoms with Crippen LogP contribution in [0.2, 0.25) is 0 Å². The molecule has 0 fully saturated rings. The SMILES string of the molecule is CC(C)NC(CC(=O)NCCOC(C)C)C(=O)O. The van der Waals surface area contributed by atoms with Crippen molar-refractivity contribution in [3.63, 3.8) is 0 Å². The highest BCUT2D eigenvalue weighted by Crippen LogP contribution is 1.95. The van der Waals surface area contributed by atoms with Crippen molar-refractivity contribution >= 4 is 11.9 Å². The van der Waals surface area contributed by atoms with E-state index in [9.17, 15) is 9.59 Å². The van der Waals surface area contributed by atoms with Crippen LogP contribution in [0, 0.1) is 0 Å². The monoisotopic (exact) mass is 260 g/mol. The molecule has 0 aromatic heterocycles. The van der Waals surface area contributed by atoms with Gasteiger partial charge in [-0.1, -0.05) is 13.8 Å². The van der Waals surface area contributed by atoms with Crippen LogP contribution in [0.15, 0.2) is 0 Å². The number of carboxylic acids is 1. The Morgan fingerprint density at radius 2 is 1.83 bits per heavy atom. The van der Waals surface area contributed by atoms with Crippen molar-refractivity contribution in [3.05, 3.63) is 0 Å². The van der Waals surface area contributed by atoms with Crippen molar-refractivity contribution in [2.24, 2.45) is 0 Å². The van der Waals surface area contributed by atoms with Gasteiger partial charge in [-0.15, -0.1) is 0 Å². The second-order valence-corrected chi connectivity index (χ2v) is 4.69. The minimum Gasteiger partial charge on any atom is -0.480 e. The third-order valence-electron chi connectivity index (χ3n) is 2.10. The van der Waals surface area contributed by atoms with Gasteiger partial charge < -0.3 is 20.5 Å². The Hall–Kier alpha value is -1.14. The van der Waals surface area contributed by atoms with E-state index in [1.165, 1.54) is 0 Å². The summed E-state index contributed by atoms with van der Waals surface area (Å²) < 4.78 is 5.26. The zero-order valence-electron chi connectivity index (χ0n) is 11.5. The van der Waals surface area contributed by atoms with Crippen LogP contribution >= 0.6 is 0 Å². The summed E-state index contributed by atoms with van der Waals surface area (Å²) in [4.78, 5) is 22.4. The third-order valence-corrected chi connectivity index (χ3v) is 2.10. The van der Waals surface area contributed by atoms with Crippen LogP contribution < -0.4 is 10.6 Å². The fraction of sp³-hybridized carbons (Fsp3) is 0.833. The zero-order valence-corrected chi connectivity index (χ0v) is 11.5. The fourth-order valence-electron chi connectivity index (χ4n) is 1.36. The molecule has 0 saturated heterocycles. The van der Waals surface area contributed by atoms with Gasteiger partial charge in [-0.25, -0.2) is 0 Å². The van der Waals surface area contributed by atoms with Crippen LogP contribution in [-0.4, -0.2) is 48.3 Å². The molecule has 6 nitrogen and oxygen atoms in total. The molecule has 3 N–H and O–H groups in total. The summed E-state index contributed by atoms with van der Waals surface area (Å²) in [5.41, 5.74) is 0. The number of hydrogen-bond donors (Lipinski definition) is 3. The van der Waals surface area contributed by atoms with Gasteiger partial charge in [0.2, 0.25) is 5.91 Å². The molecule has 0 aromatic rings. The standard InChI is InChI=1S/C12H24N2O4/c1-8(2)14-10(12(16)17)7-11(15)13-5-6-18-9(3)4/h8-10,14H,5-7H2,1-4H3,(H,13,15)(H,16,17). The van der Waals surface area contributed by atoms with Gasteiger partial charge in [0.05, 0.1) is 19.1 Å². The van der Waals surface area contributed by atoms with E-state index < -0.39 is 12.0 Å². The predicted molar refractivity (Wildman–Crippen MR) is 68.4 cm³/mol. The van der Waals surface area contributed by atoms with E-state index in [0.717, 1.165) is 0 Å². The van der Waals surface area contributed by atoms with Crippen molar-refractivity contribution in [1.29, 1.82) is 0 Å². The number of amides is 1. The molecule has 1 amide bonds. The summed E-state index contributed by atoms with van der Waals surface area (Å²) in [5, 5.41) is 14.4. The normalized spacial score (nSPS) is 12.8. The average Bonchev–Trinajstić information content (AvgIpc) is 2.22. The number of ether oxygens (including phenoxy) is 1. The van der Waals surface area contributed by atoms with Crippen molar-refractivity contribution < 1.29 is 19.4 Å². The molecule has 0 aliphatic carbocycles. The van der Waals surface area contributed by atoms with Gasteiger partial charge >= 0.3 is 5.97 Å². The van der Waals surface area contributed by atoms with Gasteiger partial charge in [0.15, 0.2) is 0 Å². The molecular formula is C12H24N2O4. The number of carbonyl (C=O) groups is 2. The van der Waals surface area contributed by atoms with Gasteiger partial charge in [0, 0.05) is 12.6 Å². The van der Waals surface area contributed by atoms with E-state index in [2.05, 4.69) is 10.6 Å². The Kier molecular flexibility index (Phi) is 8.32. The highest BCUT2D eigenvalue weighted by Gasteiger charge is 2.21. The fourth-order valence-corrected chi connectivity index (χ4v) is 1.36. The van der Waals surface area contributed by atoms with Gasteiger partial charge in [-0.05, 0) is 13.8 Å². The van der Waals surface area contributed by atoms with Gasteiger partial charge in [0.25, 0.3) is 0 Å². The quantitative estimate of drug-likeness (QED) is 0.521. The van der Waals surface area contributed by atoms with E-state index in [0.29, 0.717) is 13.2 Å². The van der Waals surface area contributed by atoms with E-state index in [-0.39, 0.29) is 24.5 Å². The Bertz CT molecular complexity index is 267. The molecule has 0 rings (SSSR count). The van der Waals surface area contributed by atoms with Crippen LogP contribution in [0.1, 0.15) is 34.1 Å². The average molecular weight is 260 g/mol. The first kappa shape index (κ1) is 16.9. The van der Waals surface area contributed by atoms with E-state index in [1.807, 2.05) is 27.7 Å². The second-order valence-electron chi connectivity index (χ2n) is 4.69. The van der Waals surface area contributed by atoms with Crippen molar-refractivity contribution in [1.82, 2.24) is 10.6 Å². The summed E-state index contributed by atoms with van der Waals surface area (Å²) in [6.07, 6.45) is 0.0473. The molecule has 0 aliphatic heterocycles. The van der Waals surface area contributed by atoms with Crippen molar-refractivity contribution in [3.8, 4) is 0 Å². The van der Waals surface area contributed by atoms with Crippen LogP contribution in [-0.2, 0) is 14.3 Å². The Morgan fingerprint density at radius 3 is 2.28 bits per heavy atom. The second kappa shape index (κ2) is 8.88. The number of nitrogens with one attached hydrogen (secondary N) is 2. The van der Waals surface area contributed by atoms with Gasteiger partial charge in [-0.3, -0.25) is 9.59 Å². The van der Waals surface area contributed by atoms with Crippen LogP contribution in [0.5, 0.6) is 0 Å². The first-order valence-electron chi connectivity index (χ1n) is 6.20. The maximum Gasteiger partial charge on any atom is 0.321 e. The highest BCUT2D eigenvalue weighted by atomic mass is 16.5. The van der Waals surface area contributed by atoms with E-state index in [1.54, 1.807) is 0 Å². The number of rotatable bonds is 9. The number of carbonyl (C=O) groups excluding carboxylic acids is 1. The molecular weight excluding hydrogens is 236 g/mol. The molecule has 0 aliphatic rings. The smallest absolute Gasteiger partial charge is 0.321 e. The molecule has 0 aromatic carbocycles. The lowest BCUT2D eigenvalue weighted by molar-refractivity contribution is -0.141. The Labute approximate surface area is 108 Å². The van der Waals surface area contributed by atoms with Gasteiger partial charge in [0.1, 0.15) is 6.04 Å². The summed E-state index contributed by atoms with van der Waals surface area (Å²) >= 11 is 0. The summed E-state index contributed by atoms with van der Waals surface area (Å²) in [7, 11) is 0. The van der Waals surface area contributed by atoms with Crippen LogP contribution in [0.4, 0.5) is 0 Å². The van der Waals surface area contributed by atoms with Crippen molar-refractivity contribution in [2.45, 2.75) is 52.3 Å². The number of hydrogen-bond acceptors (Lipinski definition) is 4. The maximum atomic E-state index is 11.5. The Balaban J connectivity index is 3.92. The predicted octanol–water partition coefficient (Wildman–Crippen LogP) is 0.369. The zero-order chi connectivity index (χ0) is 14.1. The summed E-state index contributed by atoms with van der Waals surface area (Å²) in [6.45, 7) is 8.32. The van der Waals surface area contributed by atoms with Crippen LogP contribution in [0.3, 0.4) is 0 Å². The first-order valence-corrected chi connectivity index (χ1v) is 6.20. The summed E-state index contributed by atoms with van der Waals surface area (Å²) in [6, 6.07) is -0.834. The first-order chi connectivity index (χ1) is 8.32. The van der Waals surface area contributed by atoms with Gasteiger partial charge in [-0.2, -0.15) is 0 Å². The largest absolute Gasteiger partial charge is 0.480 e. The number of carboxylic acid groups (broad SMARTS) is 1. The van der Waals surface area contributed by atoms with E-state index >= 15 is 0 Å². The molecule has 6 heteroatoms. The maximum absolute atomic E-state index is 11.5. The van der Waals surface area contributed by atoms with E-state index in [4.69, 9.17) is 9.84 Å². The molecule has 1 unspecified atom stereocenters. The lowest BCUT2D eigenvalue weighted by Crippen LogP contribution is -2.44. The molecule has 18 heavy (non-hydrogen) atoms. The molecule has 0 bridgehead atoms. The lowest BCUT2D eigenvalue weighted by atomic mass is 10.2. The topological polar surface area (TPSA) is 87.7 Å². The minimum absolute atomic E-state index is 0.0168. The Morgan fingerprint density at radius 1 is 1.22 bits per heavy atom. The van der Waals surface area contributed by atoms with Crippen LogP contribution in [0.25, 0.3) is 0 Å². The molecule has 0 spiro atoms. The molecule has 0 saturated carbocycles. The molecule has 0 radical (unpaired) electrons. The molecule has 1 atom stereocenters. The molecule has 106 valence electrons. The third kappa shape index (κ3) is 8.95. The lowest BCUT2D eigenvalue weighted by Gasteiger charge is -2.17. The minimum atomic E-state index is -1.02. The molecule has 0 heterocycles. The highest BCUT2D eigenvalue weighted by molar-refractivity contribution is 5.84. The van der Waals surface area contributed by atoms with Crippen molar-refractivity contribution in [2.75, 3.05) is 13.2 Å². The summed E-state index contributed by atoms with van der Waals surface area (Å²) in [5.74, 6) is -1.31. The number of aliphatic carboxylic acids is 1.